The molecule has 0 spiro atoms. The Kier molecular flexibility index (Phi) is 4.39. The lowest BCUT2D eigenvalue weighted by Gasteiger charge is -2.23. The Morgan fingerprint density at radius 2 is 1.20 bits per heavy atom. The first-order chi connectivity index (χ1) is 20.2. The van der Waals surface area contributed by atoms with Gasteiger partial charge < -0.3 is 4.57 Å². The number of pyridine rings is 1. The number of aromatic nitrogens is 3. The van der Waals surface area contributed by atoms with Crippen LogP contribution in [0, 0.1) is 0 Å². The Morgan fingerprint density at radius 1 is 0.561 bits per heavy atom. The average molecular weight is 526 g/mol. The summed E-state index contributed by atoms with van der Waals surface area (Å²) < 4.78 is 4.88. The molecule has 5 aromatic carbocycles. The molecular weight excluding hydrogens is 498 g/mol. The SMILES string of the molecule is CC1(C)c2ccccc2-c2c1c1c3ccccc3n(-c3ccccc3)c1c1c3ccccc3n(-c3ccccn3)c21. The number of para-hydroxylation sites is 3. The largest absolute Gasteiger partial charge is 0.309 e. The fourth-order valence-electron chi connectivity index (χ4n) is 7.53. The highest BCUT2D eigenvalue weighted by Crippen LogP contribution is 2.58. The predicted octanol–water partition coefficient (Wildman–Crippen LogP) is 9.58. The van der Waals surface area contributed by atoms with Crippen molar-refractivity contribution < 1.29 is 0 Å². The van der Waals surface area contributed by atoms with E-state index < -0.39 is 0 Å². The lowest BCUT2D eigenvalue weighted by atomic mass is 9.80. The van der Waals surface area contributed by atoms with Gasteiger partial charge in [0, 0.05) is 44.4 Å². The Hall–Kier alpha value is -5.15. The maximum absolute atomic E-state index is 4.90. The van der Waals surface area contributed by atoms with Crippen molar-refractivity contribution in [2.24, 2.45) is 0 Å². The molecule has 41 heavy (non-hydrogen) atoms. The number of rotatable bonds is 2. The minimum Gasteiger partial charge on any atom is -0.309 e. The summed E-state index contributed by atoms with van der Waals surface area (Å²) in [6, 6.07) is 43.8. The van der Waals surface area contributed by atoms with E-state index in [-0.39, 0.29) is 5.41 Å². The lowest BCUT2D eigenvalue weighted by Crippen LogP contribution is -2.15. The molecular formula is C38H27N3. The van der Waals surface area contributed by atoms with Crippen LogP contribution in [0.4, 0.5) is 0 Å². The number of nitrogens with zero attached hydrogens (tertiary/aromatic N) is 3. The zero-order chi connectivity index (χ0) is 27.3. The summed E-state index contributed by atoms with van der Waals surface area (Å²) in [5, 5.41) is 5.15. The molecule has 3 heteroatoms. The Morgan fingerprint density at radius 3 is 1.95 bits per heavy atom. The van der Waals surface area contributed by atoms with E-state index in [2.05, 4.69) is 138 Å². The van der Waals surface area contributed by atoms with Gasteiger partial charge in [-0.1, -0.05) is 98.8 Å². The van der Waals surface area contributed by atoms with Crippen LogP contribution >= 0.6 is 0 Å². The van der Waals surface area contributed by atoms with Crippen molar-refractivity contribution in [3.05, 3.63) is 139 Å². The summed E-state index contributed by atoms with van der Waals surface area (Å²) in [4.78, 5) is 4.90. The molecule has 8 aromatic rings. The van der Waals surface area contributed by atoms with Gasteiger partial charge in [0.25, 0.3) is 0 Å². The van der Waals surface area contributed by atoms with Crippen molar-refractivity contribution in [1.82, 2.24) is 14.1 Å². The minimum absolute atomic E-state index is 0.185. The number of fused-ring (bicyclic) bond motifs is 12. The highest BCUT2D eigenvalue weighted by Gasteiger charge is 2.41. The summed E-state index contributed by atoms with van der Waals surface area (Å²) in [6.45, 7) is 4.79. The molecule has 0 N–H and O–H groups in total. The van der Waals surface area contributed by atoms with Gasteiger partial charge in [0.05, 0.1) is 22.1 Å². The van der Waals surface area contributed by atoms with Gasteiger partial charge in [-0.2, -0.15) is 0 Å². The molecule has 0 aliphatic heterocycles. The molecule has 0 saturated carbocycles. The molecule has 0 unspecified atom stereocenters. The summed E-state index contributed by atoms with van der Waals surface area (Å²) in [5.41, 5.74) is 11.3. The molecule has 1 aliphatic rings. The van der Waals surface area contributed by atoms with Crippen LogP contribution in [0.2, 0.25) is 0 Å². The Labute approximate surface area is 237 Å². The second-order valence-electron chi connectivity index (χ2n) is 11.6. The molecule has 0 amide bonds. The monoisotopic (exact) mass is 525 g/mol. The lowest BCUT2D eigenvalue weighted by molar-refractivity contribution is 0.667. The molecule has 0 fully saturated rings. The number of benzene rings is 5. The van der Waals surface area contributed by atoms with Gasteiger partial charge in [0.1, 0.15) is 5.82 Å². The quantitative estimate of drug-likeness (QED) is 0.220. The first-order valence-electron chi connectivity index (χ1n) is 14.3. The molecule has 0 saturated heterocycles. The number of hydrogen-bond acceptors (Lipinski definition) is 1. The summed E-state index contributed by atoms with van der Waals surface area (Å²) in [7, 11) is 0. The Balaban J connectivity index is 1.68. The normalized spacial score (nSPS) is 13.8. The molecule has 3 heterocycles. The van der Waals surface area contributed by atoms with E-state index >= 15 is 0 Å². The molecule has 0 bridgehead atoms. The zero-order valence-corrected chi connectivity index (χ0v) is 23.0. The first kappa shape index (κ1) is 22.6. The summed E-state index contributed by atoms with van der Waals surface area (Å²) in [6.07, 6.45) is 1.90. The molecule has 194 valence electrons. The van der Waals surface area contributed by atoms with Crippen LogP contribution in [0.1, 0.15) is 25.0 Å². The van der Waals surface area contributed by atoms with Crippen LogP contribution in [0.15, 0.2) is 128 Å². The standard InChI is InChI=1S/C38H27N3/c1-38(2)28-19-9-6-16-25(28)32-35(38)33-26-17-7-10-20-29(26)40(24-14-4-3-5-15-24)36(33)34-27-18-8-11-21-30(27)41(37(32)34)31-22-12-13-23-39-31/h3-23H,1-2H3. The van der Waals surface area contributed by atoms with Gasteiger partial charge in [0.2, 0.25) is 0 Å². The predicted molar refractivity (Wildman–Crippen MR) is 170 cm³/mol. The zero-order valence-electron chi connectivity index (χ0n) is 23.0. The van der Waals surface area contributed by atoms with Crippen LogP contribution in [0.3, 0.4) is 0 Å². The molecule has 3 aromatic heterocycles. The van der Waals surface area contributed by atoms with E-state index in [4.69, 9.17) is 4.98 Å². The minimum atomic E-state index is -0.185. The van der Waals surface area contributed by atoms with Crippen molar-refractivity contribution in [1.29, 1.82) is 0 Å². The van der Waals surface area contributed by atoms with Gasteiger partial charge in [0.15, 0.2) is 0 Å². The van der Waals surface area contributed by atoms with Gasteiger partial charge >= 0.3 is 0 Å². The van der Waals surface area contributed by atoms with E-state index in [1.165, 1.54) is 71.6 Å². The van der Waals surface area contributed by atoms with Crippen molar-refractivity contribution in [2.75, 3.05) is 0 Å². The molecule has 1 aliphatic carbocycles. The first-order valence-corrected chi connectivity index (χ1v) is 14.3. The third-order valence-corrected chi connectivity index (χ3v) is 9.11. The van der Waals surface area contributed by atoms with Crippen LogP contribution in [0.5, 0.6) is 0 Å². The fraction of sp³-hybridized carbons (Fsp3) is 0.0789. The maximum atomic E-state index is 4.90. The van der Waals surface area contributed by atoms with Gasteiger partial charge in [-0.25, -0.2) is 4.98 Å². The van der Waals surface area contributed by atoms with E-state index in [9.17, 15) is 0 Å². The van der Waals surface area contributed by atoms with Crippen LogP contribution in [0.25, 0.3) is 66.2 Å². The highest BCUT2D eigenvalue weighted by molar-refractivity contribution is 6.31. The molecule has 0 atom stereocenters. The molecule has 0 radical (unpaired) electrons. The van der Waals surface area contributed by atoms with E-state index in [0.717, 1.165) is 5.82 Å². The third-order valence-electron chi connectivity index (χ3n) is 9.11. The van der Waals surface area contributed by atoms with Crippen molar-refractivity contribution in [3.63, 3.8) is 0 Å². The van der Waals surface area contributed by atoms with E-state index in [0.29, 0.717) is 0 Å². The Bertz CT molecular complexity index is 2320. The maximum Gasteiger partial charge on any atom is 0.137 e. The van der Waals surface area contributed by atoms with E-state index in [1.807, 2.05) is 12.3 Å². The third kappa shape index (κ3) is 2.80. The number of hydrogen-bond donors (Lipinski definition) is 0. The molecule has 9 rings (SSSR count). The van der Waals surface area contributed by atoms with Crippen molar-refractivity contribution >= 4 is 43.6 Å². The van der Waals surface area contributed by atoms with Gasteiger partial charge in [-0.15, -0.1) is 0 Å². The van der Waals surface area contributed by atoms with Crippen LogP contribution in [-0.4, -0.2) is 14.1 Å². The molecule has 3 nitrogen and oxygen atoms in total. The summed E-state index contributed by atoms with van der Waals surface area (Å²) >= 11 is 0. The van der Waals surface area contributed by atoms with Crippen molar-refractivity contribution in [2.45, 2.75) is 19.3 Å². The average Bonchev–Trinajstić information content (AvgIpc) is 3.62. The summed E-state index contributed by atoms with van der Waals surface area (Å²) in [5.74, 6) is 0.935. The van der Waals surface area contributed by atoms with E-state index in [1.54, 1.807) is 0 Å². The van der Waals surface area contributed by atoms with Gasteiger partial charge in [-0.05, 0) is 53.1 Å². The second-order valence-corrected chi connectivity index (χ2v) is 11.6. The fourth-order valence-corrected chi connectivity index (χ4v) is 7.53. The second kappa shape index (κ2) is 7.96. The van der Waals surface area contributed by atoms with Crippen LogP contribution < -0.4 is 0 Å². The topological polar surface area (TPSA) is 22.8 Å². The van der Waals surface area contributed by atoms with Gasteiger partial charge in [-0.3, -0.25) is 4.57 Å². The highest BCUT2D eigenvalue weighted by atomic mass is 15.1. The smallest absolute Gasteiger partial charge is 0.137 e. The van der Waals surface area contributed by atoms with Crippen molar-refractivity contribution in [3.8, 4) is 22.6 Å². The van der Waals surface area contributed by atoms with Crippen LogP contribution in [-0.2, 0) is 5.41 Å².